The molecule has 5 heteroatoms. The molecule has 0 radical (unpaired) electrons. The van der Waals surface area contributed by atoms with Crippen LogP contribution in [-0.4, -0.2) is 54.7 Å². The van der Waals surface area contributed by atoms with Gasteiger partial charge in [0.1, 0.15) is 5.54 Å². The van der Waals surface area contributed by atoms with E-state index in [4.69, 9.17) is 10.5 Å². The summed E-state index contributed by atoms with van der Waals surface area (Å²) in [6.45, 7) is 14.2. The maximum atomic E-state index is 12.7. The van der Waals surface area contributed by atoms with Gasteiger partial charge in [-0.3, -0.25) is 4.79 Å². The molecule has 1 saturated carbocycles. The molecule has 1 amide bonds. The molecule has 3 atom stereocenters. The molecule has 1 saturated heterocycles. The Kier molecular flexibility index (Phi) is 5.75. The first kappa shape index (κ1) is 18.7. The molecule has 0 aromatic carbocycles. The van der Waals surface area contributed by atoms with Gasteiger partial charge in [0.05, 0.1) is 6.10 Å². The minimum Gasteiger partial charge on any atom is -0.378 e. The molecule has 2 rings (SSSR count). The van der Waals surface area contributed by atoms with Gasteiger partial charge in [-0.25, -0.2) is 0 Å². The van der Waals surface area contributed by atoms with Crippen LogP contribution in [0.5, 0.6) is 0 Å². The van der Waals surface area contributed by atoms with Crippen molar-refractivity contribution in [3.05, 3.63) is 0 Å². The van der Waals surface area contributed by atoms with Crippen LogP contribution >= 0.6 is 0 Å². The molecule has 23 heavy (non-hydrogen) atoms. The number of carbonyl (C=O) groups excluding carboxylic acids is 1. The fourth-order valence-electron chi connectivity index (χ4n) is 3.95. The third-order valence-corrected chi connectivity index (χ3v) is 6.07. The summed E-state index contributed by atoms with van der Waals surface area (Å²) >= 11 is 0. The van der Waals surface area contributed by atoms with Gasteiger partial charge >= 0.3 is 0 Å². The molecule has 134 valence electrons. The zero-order chi connectivity index (χ0) is 17.3. The van der Waals surface area contributed by atoms with Gasteiger partial charge in [-0.2, -0.15) is 0 Å². The van der Waals surface area contributed by atoms with Crippen molar-refractivity contribution >= 4 is 5.91 Å². The number of carbonyl (C=O) groups is 1. The highest BCUT2D eigenvalue weighted by Gasteiger charge is 2.62. The summed E-state index contributed by atoms with van der Waals surface area (Å²) in [6.07, 6.45) is 3.09. The highest BCUT2D eigenvalue weighted by molar-refractivity contribution is 5.88. The van der Waals surface area contributed by atoms with Gasteiger partial charge in [0.25, 0.3) is 0 Å². The molecule has 1 heterocycles. The Morgan fingerprint density at radius 2 is 2.13 bits per heavy atom. The number of likely N-dealkylation sites (tertiary alicyclic amines) is 1. The van der Waals surface area contributed by atoms with Crippen molar-refractivity contribution in [2.24, 2.45) is 17.1 Å². The molecule has 0 bridgehead atoms. The van der Waals surface area contributed by atoms with Crippen molar-refractivity contribution < 1.29 is 9.53 Å². The van der Waals surface area contributed by atoms with E-state index in [1.54, 1.807) is 0 Å². The fourth-order valence-corrected chi connectivity index (χ4v) is 3.95. The second kappa shape index (κ2) is 7.08. The molecule has 0 aromatic rings. The largest absolute Gasteiger partial charge is 0.378 e. The SMILES string of the molecule is CCOC1CC(N)(C(=O)NCC2CCCN(C(C)C)C2)C1(C)C. The van der Waals surface area contributed by atoms with Crippen LogP contribution < -0.4 is 11.1 Å². The third kappa shape index (κ3) is 3.57. The number of nitrogens with two attached hydrogens (primary N) is 1. The molecule has 0 spiro atoms. The minimum absolute atomic E-state index is 0.0138. The maximum Gasteiger partial charge on any atom is 0.240 e. The summed E-state index contributed by atoms with van der Waals surface area (Å²) in [7, 11) is 0. The number of hydrogen-bond acceptors (Lipinski definition) is 4. The Hall–Kier alpha value is -0.650. The number of amides is 1. The van der Waals surface area contributed by atoms with Crippen LogP contribution in [0.2, 0.25) is 0 Å². The summed E-state index contributed by atoms with van der Waals surface area (Å²) in [4.78, 5) is 15.2. The Balaban J connectivity index is 1.85. The van der Waals surface area contributed by atoms with Crippen molar-refractivity contribution in [3.8, 4) is 0 Å². The monoisotopic (exact) mass is 325 g/mol. The number of ether oxygens (including phenoxy) is 1. The van der Waals surface area contributed by atoms with E-state index in [1.807, 2.05) is 20.8 Å². The highest BCUT2D eigenvalue weighted by atomic mass is 16.5. The van der Waals surface area contributed by atoms with E-state index in [0.29, 0.717) is 25.0 Å². The Morgan fingerprint density at radius 1 is 1.43 bits per heavy atom. The molecular formula is C18H35N3O2. The van der Waals surface area contributed by atoms with Gasteiger partial charge in [-0.15, -0.1) is 0 Å². The topological polar surface area (TPSA) is 67.6 Å². The lowest BCUT2D eigenvalue weighted by atomic mass is 9.54. The molecule has 0 aromatic heterocycles. The van der Waals surface area contributed by atoms with Crippen LogP contribution in [-0.2, 0) is 9.53 Å². The van der Waals surface area contributed by atoms with E-state index >= 15 is 0 Å². The molecule has 1 aliphatic heterocycles. The number of piperidine rings is 1. The van der Waals surface area contributed by atoms with Gasteiger partial charge in [0.2, 0.25) is 5.91 Å². The molecule has 2 aliphatic rings. The molecular weight excluding hydrogens is 290 g/mol. The predicted molar refractivity (Wildman–Crippen MR) is 93.2 cm³/mol. The van der Waals surface area contributed by atoms with Gasteiger partial charge in [0.15, 0.2) is 0 Å². The first-order valence-electron chi connectivity index (χ1n) is 9.15. The molecule has 3 unspecified atom stereocenters. The summed E-state index contributed by atoms with van der Waals surface area (Å²) in [6, 6.07) is 0.576. The van der Waals surface area contributed by atoms with Gasteiger partial charge in [0, 0.05) is 37.6 Å². The summed E-state index contributed by atoms with van der Waals surface area (Å²) < 4.78 is 5.71. The van der Waals surface area contributed by atoms with Crippen LogP contribution in [0.4, 0.5) is 0 Å². The number of rotatable bonds is 6. The standard InChI is InChI=1S/C18H35N3O2/c1-6-23-15-10-18(19,17(15,4)5)16(22)20-11-14-8-7-9-21(12-14)13(2)3/h13-15H,6-12,19H2,1-5H3,(H,20,22). The van der Waals surface area contributed by atoms with E-state index in [-0.39, 0.29) is 17.4 Å². The van der Waals surface area contributed by atoms with Crippen LogP contribution in [0.25, 0.3) is 0 Å². The van der Waals surface area contributed by atoms with E-state index in [0.717, 1.165) is 13.1 Å². The number of hydrogen-bond donors (Lipinski definition) is 2. The van der Waals surface area contributed by atoms with Gasteiger partial charge < -0.3 is 20.7 Å². The smallest absolute Gasteiger partial charge is 0.240 e. The Bertz CT molecular complexity index is 424. The van der Waals surface area contributed by atoms with Crippen molar-refractivity contribution in [2.45, 2.75) is 71.6 Å². The zero-order valence-corrected chi connectivity index (χ0v) is 15.5. The summed E-state index contributed by atoms with van der Waals surface area (Å²) in [5.74, 6) is 0.518. The van der Waals surface area contributed by atoms with E-state index in [9.17, 15) is 4.79 Å². The fraction of sp³-hybridized carbons (Fsp3) is 0.944. The predicted octanol–water partition coefficient (Wildman–Crippen LogP) is 1.76. The molecule has 3 N–H and O–H groups in total. The van der Waals surface area contributed by atoms with Crippen molar-refractivity contribution in [2.75, 3.05) is 26.2 Å². The second-order valence-corrected chi connectivity index (χ2v) is 8.15. The van der Waals surface area contributed by atoms with E-state index < -0.39 is 5.54 Å². The minimum atomic E-state index is -0.806. The van der Waals surface area contributed by atoms with Crippen molar-refractivity contribution in [3.63, 3.8) is 0 Å². The van der Waals surface area contributed by atoms with Crippen LogP contribution in [0.3, 0.4) is 0 Å². The summed E-state index contributed by atoms with van der Waals surface area (Å²) in [5, 5.41) is 3.13. The first-order chi connectivity index (χ1) is 10.7. The van der Waals surface area contributed by atoms with Crippen LogP contribution in [0.15, 0.2) is 0 Å². The van der Waals surface area contributed by atoms with Gasteiger partial charge in [-0.05, 0) is 46.1 Å². The number of nitrogens with zero attached hydrogens (tertiary/aromatic N) is 1. The average Bonchev–Trinajstić information content (AvgIpc) is 2.52. The third-order valence-electron chi connectivity index (χ3n) is 6.07. The highest BCUT2D eigenvalue weighted by Crippen LogP contribution is 2.49. The first-order valence-corrected chi connectivity index (χ1v) is 9.15. The number of nitrogens with one attached hydrogen (secondary N) is 1. The van der Waals surface area contributed by atoms with Crippen LogP contribution in [0, 0.1) is 11.3 Å². The van der Waals surface area contributed by atoms with Crippen molar-refractivity contribution in [1.82, 2.24) is 10.2 Å². The molecule has 5 nitrogen and oxygen atoms in total. The average molecular weight is 325 g/mol. The second-order valence-electron chi connectivity index (χ2n) is 8.15. The lowest BCUT2D eigenvalue weighted by molar-refractivity contribution is -0.170. The van der Waals surface area contributed by atoms with Crippen LogP contribution in [0.1, 0.15) is 53.9 Å². The molecule has 1 aliphatic carbocycles. The van der Waals surface area contributed by atoms with E-state index in [2.05, 4.69) is 24.1 Å². The Morgan fingerprint density at radius 3 is 2.70 bits per heavy atom. The Labute approximate surface area is 141 Å². The summed E-state index contributed by atoms with van der Waals surface area (Å²) in [5.41, 5.74) is 5.31. The lowest BCUT2D eigenvalue weighted by Crippen LogP contribution is -2.76. The maximum absolute atomic E-state index is 12.7. The quantitative estimate of drug-likeness (QED) is 0.781. The van der Waals surface area contributed by atoms with Gasteiger partial charge in [-0.1, -0.05) is 13.8 Å². The normalized spacial score (nSPS) is 34.2. The molecule has 2 fully saturated rings. The van der Waals surface area contributed by atoms with E-state index in [1.165, 1.54) is 19.4 Å². The zero-order valence-electron chi connectivity index (χ0n) is 15.5. The lowest BCUT2D eigenvalue weighted by Gasteiger charge is -2.57. The van der Waals surface area contributed by atoms with Crippen molar-refractivity contribution in [1.29, 1.82) is 0 Å².